The van der Waals surface area contributed by atoms with Crippen LogP contribution in [-0.2, 0) is 19.5 Å². The summed E-state index contributed by atoms with van der Waals surface area (Å²) in [6.45, 7) is 4.61. The van der Waals surface area contributed by atoms with Crippen molar-refractivity contribution in [1.29, 1.82) is 0 Å². The van der Waals surface area contributed by atoms with Gasteiger partial charge in [-0.25, -0.2) is 9.97 Å². The highest BCUT2D eigenvalue weighted by molar-refractivity contribution is 5.83. The first-order valence-electron chi connectivity index (χ1n) is 20.5. The molecule has 1 aliphatic heterocycles. The fraction of sp³-hybridized carbons (Fsp3) is 0.0909. The van der Waals surface area contributed by atoms with E-state index in [1.807, 2.05) is 12.1 Å². The lowest BCUT2D eigenvalue weighted by Crippen LogP contribution is -2.24. The summed E-state index contributed by atoms with van der Waals surface area (Å²) in [7, 11) is 4.15. The van der Waals surface area contributed by atoms with E-state index in [0.717, 1.165) is 56.3 Å². The van der Waals surface area contributed by atoms with Gasteiger partial charge < -0.3 is 13.9 Å². The van der Waals surface area contributed by atoms with Crippen molar-refractivity contribution >= 4 is 22.1 Å². The van der Waals surface area contributed by atoms with E-state index in [4.69, 9.17) is 14.7 Å². The number of ether oxygens (including phenoxy) is 1. The van der Waals surface area contributed by atoms with Crippen molar-refractivity contribution < 1.29 is 4.74 Å². The van der Waals surface area contributed by atoms with Crippen LogP contribution in [0.25, 0.3) is 89.4 Å². The van der Waals surface area contributed by atoms with Gasteiger partial charge >= 0.3 is 0 Å². The standard InChI is InChI=1S/C55H42N4O/c1-55(2)45-33-43(39-17-13-35(14-18-39)37-21-25-41(26-22-37)53-56-47-9-5-7-11-49(47)58(53)3)29-31-51(45)60-52-32-30-44(34-46(52)55)40-19-15-36(16-20-40)38-23-27-42(28-24-38)54-57-48-10-6-8-12-50(48)59(54)4/h5-34H,1-4H3. The van der Waals surface area contributed by atoms with Crippen molar-refractivity contribution in [2.45, 2.75) is 19.3 Å². The fourth-order valence-corrected chi connectivity index (χ4v) is 8.98. The maximum atomic E-state index is 6.57. The van der Waals surface area contributed by atoms with Gasteiger partial charge in [-0.05, 0) is 93.0 Å². The van der Waals surface area contributed by atoms with Gasteiger partial charge in [0, 0.05) is 41.8 Å². The van der Waals surface area contributed by atoms with Crippen molar-refractivity contribution in [2.24, 2.45) is 14.1 Å². The SMILES string of the molecule is Cn1c(-c2ccc(-c3ccc(-c4ccc5c(c4)C(C)(C)c4cc(-c6ccc(-c7ccc(-c8nc9ccccc9n8C)cc7)cc6)ccc4O5)cc3)cc2)nc2ccccc21. The van der Waals surface area contributed by atoms with Crippen molar-refractivity contribution in [2.75, 3.05) is 0 Å². The molecule has 5 heteroatoms. The normalized spacial score (nSPS) is 12.9. The number of hydrogen-bond acceptors (Lipinski definition) is 3. The summed E-state index contributed by atoms with van der Waals surface area (Å²) in [5, 5.41) is 0. The molecule has 5 nitrogen and oxygen atoms in total. The summed E-state index contributed by atoms with van der Waals surface area (Å²) in [4.78, 5) is 9.76. The number of fused-ring (bicyclic) bond motifs is 4. The van der Waals surface area contributed by atoms with Crippen LogP contribution in [0.4, 0.5) is 0 Å². The van der Waals surface area contributed by atoms with Gasteiger partial charge in [0.1, 0.15) is 23.1 Å². The first-order valence-corrected chi connectivity index (χ1v) is 20.5. The van der Waals surface area contributed by atoms with Gasteiger partial charge in [0.2, 0.25) is 0 Å². The van der Waals surface area contributed by atoms with Gasteiger partial charge in [-0.15, -0.1) is 0 Å². The Labute approximate surface area is 349 Å². The number of para-hydroxylation sites is 4. The predicted molar refractivity (Wildman–Crippen MR) is 246 cm³/mol. The molecule has 3 heterocycles. The molecule has 11 rings (SSSR count). The van der Waals surface area contributed by atoms with Crippen LogP contribution >= 0.6 is 0 Å². The van der Waals surface area contributed by atoms with E-state index in [1.54, 1.807) is 0 Å². The zero-order valence-electron chi connectivity index (χ0n) is 34.0. The lowest BCUT2D eigenvalue weighted by molar-refractivity contribution is 0.418. The third-order valence-corrected chi connectivity index (χ3v) is 12.5. The predicted octanol–water partition coefficient (Wildman–Crippen LogP) is 13.9. The molecular weight excluding hydrogens is 733 g/mol. The molecule has 0 atom stereocenters. The van der Waals surface area contributed by atoms with Crippen LogP contribution in [0.3, 0.4) is 0 Å². The van der Waals surface area contributed by atoms with Crippen LogP contribution in [0.1, 0.15) is 25.0 Å². The molecular formula is C55H42N4O. The zero-order chi connectivity index (χ0) is 40.5. The van der Waals surface area contributed by atoms with Crippen molar-refractivity contribution in [3.05, 3.63) is 193 Å². The number of imidazole rings is 2. The molecule has 0 N–H and O–H groups in total. The van der Waals surface area contributed by atoms with Crippen LogP contribution in [0.2, 0.25) is 0 Å². The minimum Gasteiger partial charge on any atom is -0.457 e. The van der Waals surface area contributed by atoms with Crippen LogP contribution < -0.4 is 4.74 Å². The first-order chi connectivity index (χ1) is 29.3. The van der Waals surface area contributed by atoms with Crippen molar-refractivity contribution in [3.63, 3.8) is 0 Å². The Kier molecular flexibility index (Phi) is 8.21. The second-order valence-electron chi connectivity index (χ2n) is 16.4. The van der Waals surface area contributed by atoms with Gasteiger partial charge in [-0.3, -0.25) is 0 Å². The molecule has 0 amide bonds. The van der Waals surface area contributed by atoms with Crippen LogP contribution in [0.5, 0.6) is 11.5 Å². The molecule has 1 aliphatic rings. The molecule has 0 aliphatic carbocycles. The Morgan fingerprint density at radius 1 is 0.367 bits per heavy atom. The molecule has 0 bridgehead atoms. The highest BCUT2D eigenvalue weighted by Crippen LogP contribution is 2.50. The lowest BCUT2D eigenvalue weighted by Gasteiger charge is -2.35. The summed E-state index contributed by atoms with van der Waals surface area (Å²) in [6, 6.07) is 64.9. The first kappa shape index (κ1) is 35.6. The molecule has 10 aromatic rings. The minimum atomic E-state index is -0.267. The van der Waals surface area contributed by atoms with Crippen LogP contribution in [0.15, 0.2) is 182 Å². The fourth-order valence-electron chi connectivity index (χ4n) is 8.98. The monoisotopic (exact) mass is 774 g/mol. The van der Waals surface area contributed by atoms with E-state index >= 15 is 0 Å². The van der Waals surface area contributed by atoms with Gasteiger partial charge in [0.25, 0.3) is 0 Å². The van der Waals surface area contributed by atoms with Crippen LogP contribution in [0, 0.1) is 0 Å². The third kappa shape index (κ3) is 5.93. The largest absolute Gasteiger partial charge is 0.457 e. The Morgan fingerprint density at radius 3 is 1.02 bits per heavy atom. The quantitative estimate of drug-likeness (QED) is 0.169. The van der Waals surface area contributed by atoms with Gasteiger partial charge in [0.15, 0.2) is 0 Å². The molecule has 288 valence electrons. The Balaban J connectivity index is 0.818. The van der Waals surface area contributed by atoms with E-state index < -0.39 is 0 Å². The highest BCUT2D eigenvalue weighted by atomic mass is 16.5. The van der Waals surface area contributed by atoms with Gasteiger partial charge in [-0.1, -0.05) is 147 Å². The summed E-state index contributed by atoms with van der Waals surface area (Å²) < 4.78 is 10.9. The lowest BCUT2D eigenvalue weighted by atomic mass is 9.74. The zero-order valence-corrected chi connectivity index (χ0v) is 34.0. The number of benzene rings is 8. The summed E-state index contributed by atoms with van der Waals surface area (Å²) in [5.74, 6) is 3.76. The number of aromatic nitrogens is 4. The number of nitrogens with zero attached hydrogens (tertiary/aromatic N) is 4. The second-order valence-corrected chi connectivity index (χ2v) is 16.4. The average Bonchev–Trinajstić information content (AvgIpc) is 3.82. The number of aryl methyl sites for hydroxylation is 2. The number of rotatable bonds is 6. The molecule has 0 spiro atoms. The topological polar surface area (TPSA) is 44.9 Å². The molecule has 0 unspecified atom stereocenters. The highest BCUT2D eigenvalue weighted by Gasteiger charge is 2.35. The summed E-state index contributed by atoms with van der Waals surface area (Å²) in [6.07, 6.45) is 0. The maximum absolute atomic E-state index is 6.57. The van der Waals surface area contributed by atoms with E-state index in [2.05, 4.69) is 207 Å². The number of hydrogen-bond donors (Lipinski definition) is 0. The van der Waals surface area contributed by atoms with E-state index in [0.29, 0.717) is 0 Å². The molecule has 0 saturated heterocycles. The molecule has 0 fully saturated rings. The maximum Gasteiger partial charge on any atom is 0.140 e. The van der Waals surface area contributed by atoms with Crippen LogP contribution in [-0.4, -0.2) is 19.1 Å². The molecule has 60 heavy (non-hydrogen) atoms. The second kappa shape index (κ2) is 13.8. The van der Waals surface area contributed by atoms with E-state index in [9.17, 15) is 0 Å². The molecule has 0 radical (unpaired) electrons. The molecule has 0 saturated carbocycles. The Hall–Kier alpha value is -7.50. The summed E-state index contributed by atoms with van der Waals surface area (Å²) in [5.41, 5.74) is 18.0. The Morgan fingerprint density at radius 2 is 0.667 bits per heavy atom. The van der Waals surface area contributed by atoms with Crippen molar-refractivity contribution in [1.82, 2.24) is 19.1 Å². The molecule has 2 aromatic heterocycles. The smallest absolute Gasteiger partial charge is 0.140 e. The third-order valence-electron chi connectivity index (χ3n) is 12.5. The van der Waals surface area contributed by atoms with Gasteiger partial charge in [-0.2, -0.15) is 0 Å². The minimum absolute atomic E-state index is 0.267. The molecule has 8 aromatic carbocycles. The average molecular weight is 775 g/mol. The Bertz CT molecular complexity index is 3020. The van der Waals surface area contributed by atoms with E-state index in [-0.39, 0.29) is 5.41 Å². The van der Waals surface area contributed by atoms with Crippen molar-refractivity contribution in [3.8, 4) is 78.8 Å². The summed E-state index contributed by atoms with van der Waals surface area (Å²) >= 11 is 0. The van der Waals surface area contributed by atoms with E-state index in [1.165, 1.54) is 55.6 Å². The van der Waals surface area contributed by atoms with Gasteiger partial charge in [0.05, 0.1) is 22.1 Å².